The topological polar surface area (TPSA) is 35.2 Å². The van der Waals surface area contributed by atoms with Crippen molar-refractivity contribution in [1.82, 2.24) is 0 Å². The molecule has 0 atom stereocenters. The van der Waals surface area contributed by atoms with Gasteiger partial charge < -0.3 is 10.5 Å². The average molecular weight is 442 g/mol. The molecule has 1 aromatic rings. The molecule has 0 fully saturated rings. The van der Waals surface area contributed by atoms with Crippen LogP contribution in [0.25, 0.3) is 0 Å². The molecular weight excluding hydrogens is 410 g/mol. The molecule has 0 aliphatic rings. The second kappa shape index (κ2) is 17.5. The molecule has 0 heterocycles. The van der Waals surface area contributed by atoms with Crippen LogP contribution >= 0.6 is 23.2 Å². The smallest absolute Gasteiger partial charge is 0.418 e. The Kier molecular flexibility index (Phi) is 19.5. The van der Waals surface area contributed by atoms with Crippen molar-refractivity contribution in [3.8, 4) is 5.75 Å². The summed E-state index contributed by atoms with van der Waals surface area (Å²) in [5.41, 5.74) is 5.04. The van der Waals surface area contributed by atoms with E-state index in [1.54, 1.807) is 6.08 Å². The monoisotopic (exact) mass is 441 g/mol. The number of nitrogens with two attached hydrogens (primary N) is 1. The molecular formula is C21H32Cl2F3NO. The van der Waals surface area contributed by atoms with Crippen LogP contribution < -0.4 is 10.5 Å². The third-order valence-corrected chi connectivity index (χ3v) is 3.88. The quantitative estimate of drug-likeness (QED) is 0.374. The van der Waals surface area contributed by atoms with E-state index in [4.69, 9.17) is 28.9 Å². The highest BCUT2D eigenvalue weighted by molar-refractivity contribution is 6.41. The zero-order chi connectivity index (χ0) is 22.9. The van der Waals surface area contributed by atoms with Gasteiger partial charge in [-0.1, -0.05) is 76.5 Å². The summed E-state index contributed by atoms with van der Waals surface area (Å²) >= 11 is 11.7. The molecule has 0 aliphatic heterocycles. The van der Waals surface area contributed by atoms with Crippen molar-refractivity contribution in [2.45, 2.75) is 54.1 Å². The molecule has 2 N–H and O–H groups in total. The highest BCUT2D eigenvalue weighted by atomic mass is 35.5. The van der Waals surface area contributed by atoms with Crippen LogP contribution in [0.15, 0.2) is 52.6 Å². The van der Waals surface area contributed by atoms with Crippen molar-refractivity contribution in [3.63, 3.8) is 0 Å². The predicted octanol–water partition coefficient (Wildman–Crippen LogP) is 8.57. The molecule has 0 aliphatic carbocycles. The van der Waals surface area contributed by atoms with Crippen LogP contribution in [0.3, 0.4) is 0 Å². The summed E-state index contributed by atoms with van der Waals surface area (Å²) in [5.74, 6) is 0.0369. The Bertz CT molecular complexity index is 625. The third-order valence-electron chi connectivity index (χ3n) is 2.99. The van der Waals surface area contributed by atoms with Gasteiger partial charge in [-0.05, 0) is 37.1 Å². The molecule has 0 aromatic heterocycles. The Hall–Kier alpha value is -1.59. The third kappa shape index (κ3) is 11.3. The van der Waals surface area contributed by atoms with Gasteiger partial charge in [0.1, 0.15) is 5.75 Å². The second-order valence-electron chi connectivity index (χ2n) is 4.45. The number of hydrogen-bond donors (Lipinski definition) is 1. The number of halogens is 5. The molecule has 0 bridgehead atoms. The molecule has 0 saturated carbocycles. The highest BCUT2D eigenvalue weighted by Gasteiger charge is 2.33. The summed E-state index contributed by atoms with van der Waals surface area (Å²) in [6, 6.07) is 3.54. The highest BCUT2D eigenvalue weighted by Crippen LogP contribution is 2.37. The Labute approximate surface area is 177 Å². The van der Waals surface area contributed by atoms with Crippen LogP contribution in [0.2, 0.25) is 0 Å². The van der Waals surface area contributed by atoms with E-state index in [2.05, 4.69) is 11.3 Å². The predicted molar refractivity (Wildman–Crippen MR) is 118 cm³/mol. The van der Waals surface area contributed by atoms with Crippen molar-refractivity contribution < 1.29 is 17.9 Å². The minimum absolute atomic E-state index is 0.0369. The van der Waals surface area contributed by atoms with Crippen LogP contribution in [0, 0.1) is 0 Å². The van der Waals surface area contributed by atoms with Crippen molar-refractivity contribution in [1.29, 1.82) is 0 Å². The first kappa shape index (κ1) is 31.1. The number of allylic oxidation sites excluding steroid dienone is 5. The first-order valence-electron chi connectivity index (χ1n) is 8.96. The zero-order valence-corrected chi connectivity index (χ0v) is 19.2. The van der Waals surface area contributed by atoms with Crippen LogP contribution in [0.1, 0.15) is 53.5 Å². The lowest BCUT2D eigenvalue weighted by Crippen LogP contribution is -2.09. The van der Waals surface area contributed by atoms with Gasteiger partial charge in [-0.3, -0.25) is 0 Å². The van der Waals surface area contributed by atoms with E-state index in [9.17, 15) is 13.2 Å². The number of methoxy groups -OCH3 is 1. The van der Waals surface area contributed by atoms with Gasteiger partial charge in [0.25, 0.3) is 0 Å². The molecule has 0 amide bonds. The van der Waals surface area contributed by atoms with Crippen LogP contribution in [0.5, 0.6) is 5.75 Å². The summed E-state index contributed by atoms with van der Waals surface area (Å²) in [6.07, 6.45) is -0.0464. The van der Waals surface area contributed by atoms with Crippen molar-refractivity contribution in [3.05, 3.63) is 58.1 Å². The van der Waals surface area contributed by atoms with E-state index >= 15 is 0 Å². The van der Waals surface area contributed by atoms with Crippen LogP contribution in [-0.2, 0) is 6.18 Å². The lowest BCUT2D eigenvalue weighted by molar-refractivity contribution is -0.137. The minimum atomic E-state index is -4.43. The van der Waals surface area contributed by atoms with Crippen LogP contribution in [0.4, 0.5) is 18.9 Å². The summed E-state index contributed by atoms with van der Waals surface area (Å²) in [4.78, 5) is 0. The number of rotatable bonds is 4. The Morgan fingerprint density at radius 3 is 2.00 bits per heavy atom. The average Bonchev–Trinajstić information content (AvgIpc) is 2.71. The van der Waals surface area contributed by atoms with Gasteiger partial charge in [-0.25, -0.2) is 0 Å². The standard InChI is InChI=1S/C9H12Cl2.C8H8F3NO.2C2H6/c1-4-7(5-2)9(11)8(10)6-3;1-13-6-4-2-3-5(7(6)12)8(9,10)11;2*1-2/h4,6H,3,5H2,1-2H3;2-4H,12H2,1H3;2*1-2H3/b7-4-,9-8-;;;. The van der Waals surface area contributed by atoms with Gasteiger partial charge in [0.05, 0.1) is 28.4 Å². The summed E-state index contributed by atoms with van der Waals surface area (Å²) in [7, 11) is 1.27. The van der Waals surface area contributed by atoms with Crippen molar-refractivity contribution in [2.24, 2.45) is 0 Å². The van der Waals surface area contributed by atoms with Gasteiger partial charge in [-0.2, -0.15) is 13.2 Å². The van der Waals surface area contributed by atoms with E-state index in [1.807, 2.05) is 47.6 Å². The van der Waals surface area contributed by atoms with E-state index in [-0.39, 0.29) is 11.4 Å². The number of para-hydroxylation sites is 1. The molecule has 2 nitrogen and oxygen atoms in total. The number of benzene rings is 1. The fraction of sp³-hybridized carbons (Fsp3) is 0.429. The lowest BCUT2D eigenvalue weighted by atomic mass is 10.1. The normalized spacial score (nSPS) is 11.4. The summed E-state index contributed by atoms with van der Waals surface area (Å²) in [5, 5.41) is 1.12. The van der Waals surface area contributed by atoms with Gasteiger partial charge in [-0.15, -0.1) is 0 Å². The van der Waals surface area contributed by atoms with Gasteiger partial charge in [0.15, 0.2) is 0 Å². The van der Waals surface area contributed by atoms with Gasteiger partial charge in [0.2, 0.25) is 0 Å². The van der Waals surface area contributed by atoms with Gasteiger partial charge >= 0.3 is 6.18 Å². The largest absolute Gasteiger partial charge is 0.495 e. The summed E-state index contributed by atoms with van der Waals surface area (Å²) < 4.78 is 41.3. The SMILES string of the molecule is C=C/C(Cl)=C(Cl)\C(=C/C)CC.CC.CC.COc1cccc(C(F)(F)F)c1N. The second-order valence-corrected chi connectivity index (χ2v) is 5.24. The maximum absolute atomic E-state index is 12.2. The number of hydrogen-bond acceptors (Lipinski definition) is 2. The first-order valence-corrected chi connectivity index (χ1v) is 9.72. The van der Waals surface area contributed by atoms with E-state index in [0.717, 1.165) is 18.1 Å². The summed E-state index contributed by atoms with van der Waals surface area (Å²) in [6.45, 7) is 15.5. The van der Waals surface area contributed by atoms with E-state index in [1.165, 1.54) is 19.2 Å². The fourth-order valence-electron chi connectivity index (χ4n) is 1.70. The molecule has 7 heteroatoms. The molecule has 1 aromatic carbocycles. The Morgan fingerprint density at radius 1 is 1.18 bits per heavy atom. The molecule has 0 unspecified atom stereocenters. The fourth-order valence-corrected chi connectivity index (χ4v) is 2.14. The lowest BCUT2D eigenvalue weighted by Gasteiger charge is -2.11. The van der Waals surface area contributed by atoms with Crippen LogP contribution in [-0.4, -0.2) is 7.11 Å². The molecule has 28 heavy (non-hydrogen) atoms. The molecule has 0 radical (unpaired) electrons. The van der Waals surface area contributed by atoms with Crippen molar-refractivity contribution >= 4 is 28.9 Å². The molecule has 1 rings (SSSR count). The zero-order valence-electron chi connectivity index (χ0n) is 17.7. The number of alkyl halides is 3. The maximum Gasteiger partial charge on any atom is 0.418 e. The maximum atomic E-state index is 12.2. The number of nitrogen functional groups attached to an aromatic ring is 1. The van der Waals surface area contributed by atoms with E-state index < -0.39 is 11.7 Å². The first-order chi connectivity index (χ1) is 13.1. The minimum Gasteiger partial charge on any atom is -0.495 e. The molecule has 0 spiro atoms. The number of anilines is 1. The number of ether oxygens (including phenoxy) is 1. The molecule has 0 saturated heterocycles. The van der Waals surface area contributed by atoms with E-state index in [0.29, 0.717) is 10.1 Å². The molecule has 162 valence electrons. The Morgan fingerprint density at radius 2 is 1.68 bits per heavy atom. The van der Waals surface area contributed by atoms with Gasteiger partial charge in [0, 0.05) is 0 Å². The Balaban J connectivity index is -0.000000383. The van der Waals surface area contributed by atoms with Crippen molar-refractivity contribution in [2.75, 3.05) is 12.8 Å².